The highest BCUT2D eigenvalue weighted by molar-refractivity contribution is 5.84. The molecule has 1 aromatic carbocycles. The second kappa shape index (κ2) is 4.73. The number of rotatable bonds is 2. The molecule has 0 amide bonds. The maximum Gasteiger partial charge on any atom is 0.151 e. The van der Waals surface area contributed by atoms with Gasteiger partial charge in [-0.3, -0.25) is 4.79 Å². The van der Waals surface area contributed by atoms with Gasteiger partial charge in [0.2, 0.25) is 0 Å². The Bertz CT molecular complexity index is 465. The molecule has 0 radical (unpaired) electrons. The first kappa shape index (κ1) is 14.2. The molecule has 0 spiro atoms. The van der Waals surface area contributed by atoms with E-state index in [0.717, 1.165) is 5.56 Å². The number of hydrogen-bond acceptors (Lipinski definition) is 2. The van der Waals surface area contributed by atoms with Crippen LogP contribution in [0, 0.1) is 5.92 Å². The van der Waals surface area contributed by atoms with Crippen molar-refractivity contribution in [3.63, 3.8) is 0 Å². The van der Waals surface area contributed by atoms with Crippen molar-refractivity contribution >= 4 is 5.78 Å². The number of carbonyl (C=O) groups is 1. The SMILES string of the molecule is CC1(C)CC(=O)[C@H]([C@@H](O)c2ccccc2)C(C)(C)[NH2+]1. The first-order chi connectivity index (χ1) is 8.73. The summed E-state index contributed by atoms with van der Waals surface area (Å²) in [6.07, 6.45) is -0.221. The van der Waals surface area contributed by atoms with Gasteiger partial charge in [-0.15, -0.1) is 0 Å². The van der Waals surface area contributed by atoms with Crippen molar-refractivity contribution in [2.75, 3.05) is 0 Å². The van der Waals surface area contributed by atoms with Crippen molar-refractivity contribution in [2.24, 2.45) is 5.92 Å². The van der Waals surface area contributed by atoms with Crippen molar-refractivity contribution < 1.29 is 15.2 Å². The first-order valence-corrected chi connectivity index (χ1v) is 6.86. The number of ketones is 1. The largest absolute Gasteiger partial charge is 0.387 e. The van der Waals surface area contributed by atoms with Gasteiger partial charge in [-0.1, -0.05) is 30.3 Å². The Morgan fingerprint density at radius 3 is 2.32 bits per heavy atom. The fraction of sp³-hybridized carbons (Fsp3) is 0.562. The van der Waals surface area contributed by atoms with Crippen LogP contribution in [0.4, 0.5) is 0 Å². The van der Waals surface area contributed by atoms with E-state index in [1.54, 1.807) is 0 Å². The van der Waals surface area contributed by atoms with Crippen LogP contribution in [0.2, 0.25) is 0 Å². The quantitative estimate of drug-likeness (QED) is 0.847. The molecule has 1 aromatic rings. The minimum atomic E-state index is -0.726. The van der Waals surface area contributed by atoms with Crippen molar-refractivity contribution in [1.82, 2.24) is 0 Å². The molecular weight excluding hydrogens is 238 g/mol. The van der Waals surface area contributed by atoms with Gasteiger partial charge in [0.25, 0.3) is 0 Å². The van der Waals surface area contributed by atoms with E-state index in [1.807, 2.05) is 44.2 Å². The zero-order valence-corrected chi connectivity index (χ0v) is 12.2. The Kier molecular flexibility index (Phi) is 3.54. The minimum absolute atomic E-state index is 0.0898. The average Bonchev–Trinajstić information content (AvgIpc) is 2.25. The summed E-state index contributed by atoms with van der Waals surface area (Å²) in [5, 5.41) is 12.8. The van der Waals surface area contributed by atoms with Gasteiger partial charge in [0.05, 0.1) is 18.1 Å². The van der Waals surface area contributed by atoms with Crippen LogP contribution in [0.15, 0.2) is 30.3 Å². The molecule has 2 atom stereocenters. The van der Waals surface area contributed by atoms with Crippen LogP contribution < -0.4 is 5.32 Å². The normalized spacial score (nSPS) is 27.0. The minimum Gasteiger partial charge on any atom is -0.387 e. The maximum atomic E-state index is 12.5. The van der Waals surface area contributed by atoms with E-state index in [-0.39, 0.29) is 22.8 Å². The summed E-state index contributed by atoms with van der Waals surface area (Å²) in [5.41, 5.74) is 0.434. The molecule has 104 valence electrons. The molecule has 3 heteroatoms. The average molecular weight is 262 g/mol. The second-order valence-electron chi connectivity index (χ2n) is 6.93. The summed E-state index contributed by atoms with van der Waals surface area (Å²) >= 11 is 0. The number of hydrogen-bond donors (Lipinski definition) is 2. The molecule has 0 aromatic heterocycles. The van der Waals surface area contributed by atoms with Crippen molar-refractivity contribution in [3.05, 3.63) is 35.9 Å². The van der Waals surface area contributed by atoms with Gasteiger partial charge < -0.3 is 10.4 Å². The molecule has 1 fully saturated rings. The van der Waals surface area contributed by atoms with Crippen LogP contribution in [0.3, 0.4) is 0 Å². The number of nitrogens with two attached hydrogens (primary N) is 1. The Morgan fingerprint density at radius 2 is 1.79 bits per heavy atom. The van der Waals surface area contributed by atoms with Crippen LogP contribution in [-0.2, 0) is 4.79 Å². The molecule has 0 aliphatic carbocycles. The Labute approximate surface area is 115 Å². The van der Waals surface area contributed by atoms with Crippen LogP contribution in [0.5, 0.6) is 0 Å². The zero-order valence-electron chi connectivity index (χ0n) is 12.2. The van der Waals surface area contributed by atoms with E-state index >= 15 is 0 Å². The van der Waals surface area contributed by atoms with Gasteiger partial charge in [-0.05, 0) is 33.3 Å². The van der Waals surface area contributed by atoms with Crippen molar-refractivity contribution in [1.29, 1.82) is 0 Å². The fourth-order valence-corrected chi connectivity index (χ4v) is 3.55. The van der Waals surface area contributed by atoms with Crippen molar-refractivity contribution in [3.8, 4) is 0 Å². The molecule has 0 saturated carbocycles. The van der Waals surface area contributed by atoms with E-state index < -0.39 is 6.10 Å². The summed E-state index contributed by atoms with van der Waals surface area (Å²) in [7, 11) is 0. The fourth-order valence-electron chi connectivity index (χ4n) is 3.55. The standard InChI is InChI=1S/C16H23NO2/c1-15(2)10-12(18)13(16(3,4)17-15)14(19)11-8-6-5-7-9-11/h5-9,13-14,17,19H,10H2,1-4H3/p+1/t13-,14+/m1/s1. The number of aliphatic hydroxyl groups is 1. The van der Waals surface area contributed by atoms with E-state index in [2.05, 4.69) is 19.2 Å². The number of carbonyl (C=O) groups excluding carboxylic acids is 1. The maximum absolute atomic E-state index is 12.5. The number of piperidine rings is 1. The first-order valence-electron chi connectivity index (χ1n) is 6.86. The highest BCUT2D eigenvalue weighted by atomic mass is 16.3. The highest BCUT2D eigenvalue weighted by Gasteiger charge is 2.52. The third kappa shape index (κ3) is 2.88. The topological polar surface area (TPSA) is 53.9 Å². The predicted octanol–water partition coefficient (Wildman–Crippen LogP) is 1.43. The Morgan fingerprint density at radius 1 is 1.21 bits per heavy atom. The predicted molar refractivity (Wildman–Crippen MR) is 74.6 cm³/mol. The van der Waals surface area contributed by atoms with E-state index in [4.69, 9.17) is 0 Å². The molecule has 1 heterocycles. The Balaban J connectivity index is 2.31. The highest BCUT2D eigenvalue weighted by Crippen LogP contribution is 2.34. The van der Waals surface area contributed by atoms with Crippen molar-refractivity contribution in [2.45, 2.75) is 51.3 Å². The van der Waals surface area contributed by atoms with E-state index in [1.165, 1.54) is 0 Å². The lowest BCUT2D eigenvalue weighted by atomic mass is 9.70. The zero-order chi connectivity index (χ0) is 14.3. The van der Waals surface area contributed by atoms with Crippen LogP contribution >= 0.6 is 0 Å². The lowest BCUT2D eigenvalue weighted by molar-refractivity contribution is -0.788. The number of aliphatic hydroxyl groups excluding tert-OH is 1. The third-order valence-corrected chi connectivity index (χ3v) is 4.00. The molecule has 0 unspecified atom stereocenters. The molecule has 3 nitrogen and oxygen atoms in total. The monoisotopic (exact) mass is 262 g/mol. The lowest BCUT2D eigenvalue weighted by Gasteiger charge is -2.44. The van der Waals surface area contributed by atoms with Gasteiger partial charge in [-0.2, -0.15) is 0 Å². The van der Waals surface area contributed by atoms with Gasteiger partial charge >= 0.3 is 0 Å². The molecule has 3 N–H and O–H groups in total. The summed E-state index contributed by atoms with van der Waals surface area (Å²) < 4.78 is 0. The van der Waals surface area contributed by atoms with E-state index in [9.17, 15) is 9.90 Å². The molecule has 1 aliphatic rings. The van der Waals surface area contributed by atoms with E-state index in [0.29, 0.717) is 6.42 Å². The summed E-state index contributed by atoms with van der Waals surface area (Å²) in [6, 6.07) is 9.47. The van der Waals surface area contributed by atoms with Gasteiger partial charge in [0.1, 0.15) is 11.5 Å². The van der Waals surface area contributed by atoms with Crippen LogP contribution in [-0.4, -0.2) is 22.0 Å². The number of quaternary nitrogens is 1. The van der Waals surface area contributed by atoms with Crippen LogP contribution in [0.1, 0.15) is 45.8 Å². The van der Waals surface area contributed by atoms with Gasteiger partial charge in [0, 0.05) is 0 Å². The molecule has 1 aliphatic heterocycles. The lowest BCUT2D eigenvalue weighted by Crippen LogP contribution is -3.07. The Hall–Kier alpha value is -1.19. The molecule has 19 heavy (non-hydrogen) atoms. The summed E-state index contributed by atoms with van der Waals surface area (Å²) in [5.74, 6) is -0.197. The molecular formula is C16H24NO2+. The second-order valence-corrected chi connectivity index (χ2v) is 6.93. The smallest absolute Gasteiger partial charge is 0.151 e. The van der Waals surface area contributed by atoms with Gasteiger partial charge in [-0.25, -0.2) is 0 Å². The molecule has 0 bridgehead atoms. The summed E-state index contributed by atoms with van der Waals surface area (Å²) in [6.45, 7) is 8.25. The van der Waals surface area contributed by atoms with Gasteiger partial charge in [0.15, 0.2) is 5.78 Å². The number of benzene rings is 1. The number of Topliss-reactive ketones (excluding diaryl/α,β-unsaturated/α-hetero) is 1. The molecule has 2 rings (SSSR count). The third-order valence-electron chi connectivity index (χ3n) is 4.00. The molecule has 1 saturated heterocycles. The summed E-state index contributed by atoms with van der Waals surface area (Å²) in [4.78, 5) is 12.5. The van der Waals surface area contributed by atoms with Crippen LogP contribution in [0.25, 0.3) is 0 Å².